The van der Waals surface area contributed by atoms with E-state index in [0.717, 1.165) is 19.4 Å². The molecule has 0 bridgehead atoms. The molecule has 100 valence electrons. The van der Waals surface area contributed by atoms with E-state index in [-0.39, 0.29) is 11.9 Å². The molecule has 0 aromatic heterocycles. The van der Waals surface area contributed by atoms with Crippen LogP contribution in [0.25, 0.3) is 0 Å². The first-order chi connectivity index (χ1) is 9.28. The third-order valence-electron chi connectivity index (χ3n) is 3.27. The fourth-order valence-corrected chi connectivity index (χ4v) is 2.24. The first-order valence-corrected chi connectivity index (χ1v) is 6.63. The number of amides is 1. The molecule has 1 aromatic rings. The van der Waals surface area contributed by atoms with Crippen molar-refractivity contribution in [2.75, 3.05) is 6.61 Å². The molecule has 0 spiro atoms. The summed E-state index contributed by atoms with van der Waals surface area (Å²) in [5.74, 6) is 5.48. The van der Waals surface area contributed by atoms with E-state index in [1.54, 1.807) is 6.92 Å². The van der Waals surface area contributed by atoms with E-state index in [0.29, 0.717) is 12.5 Å². The Balaban J connectivity index is 1.58. The van der Waals surface area contributed by atoms with Gasteiger partial charge in [0.1, 0.15) is 0 Å². The summed E-state index contributed by atoms with van der Waals surface area (Å²) in [6, 6.07) is 10.4. The van der Waals surface area contributed by atoms with Crippen LogP contribution in [0.15, 0.2) is 30.3 Å². The Morgan fingerprint density at radius 2 is 2.11 bits per heavy atom. The lowest BCUT2D eigenvalue weighted by atomic mass is 9.81. The third kappa shape index (κ3) is 4.42. The number of carbonyl (C=O) groups excluding carboxylic acids is 1. The van der Waals surface area contributed by atoms with Gasteiger partial charge in [0.15, 0.2) is 0 Å². The van der Waals surface area contributed by atoms with Crippen molar-refractivity contribution in [2.24, 2.45) is 5.92 Å². The van der Waals surface area contributed by atoms with E-state index in [1.807, 2.05) is 18.2 Å². The van der Waals surface area contributed by atoms with Crippen molar-refractivity contribution in [2.45, 2.75) is 32.4 Å². The molecule has 3 heteroatoms. The number of hydrogen-bond acceptors (Lipinski definition) is 2. The Hall–Kier alpha value is -1.79. The van der Waals surface area contributed by atoms with Gasteiger partial charge >= 0.3 is 0 Å². The highest BCUT2D eigenvalue weighted by atomic mass is 16.5. The third-order valence-corrected chi connectivity index (χ3v) is 3.27. The Bertz CT molecular complexity index is 467. The Morgan fingerprint density at radius 3 is 2.79 bits per heavy atom. The molecule has 0 unspecified atom stereocenters. The maximum absolute atomic E-state index is 11.2. The zero-order chi connectivity index (χ0) is 13.5. The minimum absolute atomic E-state index is 0.170. The van der Waals surface area contributed by atoms with Gasteiger partial charge in [0.25, 0.3) is 5.91 Å². The van der Waals surface area contributed by atoms with Gasteiger partial charge in [-0.3, -0.25) is 4.79 Å². The molecule has 1 fully saturated rings. The van der Waals surface area contributed by atoms with Gasteiger partial charge in [-0.25, -0.2) is 0 Å². The van der Waals surface area contributed by atoms with Crippen molar-refractivity contribution in [3.8, 4) is 11.8 Å². The molecule has 1 amide bonds. The van der Waals surface area contributed by atoms with Gasteiger partial charge in [-0.15, -0.1) is 0 Å². The highest BCUT2D eigenvalue weighted by Gasteiger charge is 2.29. The maximum Gasteiger partial charge on any atom is 0.296 e. The summed E-state index contributed by atoms with van der Waals surface area (Å²) in [6.45, 7) is 3.09. The number of nitrogens with one attached hydrogen (secondary N) is 1. The Morgan fingerprint density at radius 1 is 1.37 bits per heavy atom. The zero-order valence-corrected chi connectivity index (χ0v) is 11.2. The van der Waals surface area contributed by atoms with Crippen LogP contribution in [0.2, 0.25) is 0 Å². The van der Waals surface area contributed by atoms with Crippen LogP contribution in [-0.2, 0) is 16.1 Å². The van der Waals surface area contributed by atoms with Crippen LogP contribution in [0.4, 0.5) is 0 Å². The van der Waals surface area contributed by atoms with Crippen LogP contribution in [0.1, 0.15) is 25.3 Å². The topological polar surface area (TPSA) is 38.3 Å². The second kappa shape index (κ2) is 6.96. The van der Waals surface area contributed by atoms with Crippen molar-refractivity contribution in [3.63, 3.8) is 0 Å². The van der Waals surface area contributed by atoms with Gasteiger partial charge in [0.05, 0.1) is 6.61 Å². The van der Waals surface area contributed by atoms with Crippen LogP contribution in [-0.4, -0.2) is 18.6 Å². The van der Waals surface area contributed by atoms with Gasteiger partial charge in [0, 0.05) is 12.6 Å². The van der Waals surface area contributed by atoms with Crippen LogP contribution >= 0.6 is 0 Å². The van der Waals surface area contributed by atoms with Gasteiger partial charge in [0.2, 0.25) is 0 Å². The van der Waals surface area contributed by atoms with E-state index < -0.39 is 0 Å². The normalized spacial score (nSPS) is 20.9. The molecule has 0 aliphatic heterocycles. The summed E-state index contributed by atoms with van der Waals surface area (Å²) in [4.78, 5) is 11.2. The lowest BCUT2D eigenvalue weighted by molar-refractivity contribution is -0.117. The summed E-state index contributed by atoms with van der Waals surface area (Å²) in [6.07, 6.45) is 1.98. The highest BCUT2D eigenvalue weighted by Crippen LogP contribution is 2.27. The molecule has 1 N–H and O–H groups in total. The van der Waals surface area contributed by atoms with Crippen LogP contribution < -0.4 is 5.32 Å². The van der Waals surface area contributed by atoms with E-state index >= 15 is 0 Å². The summed E-state index contributed by atoms with van der Waals surface area (Å²) >= 11 is 0. The lowest BCUT2D eigenvalue weighted by Gasteiger charge is -2.35. The average Bonchev–Trinajstić information content (AvgIpc) is 2.37. The van der Waals surface area contributed by atoms with Gasteiger partial charge in [-0.2, -0.15) is 0 Å². The molecule has 0 saturated heterocycles. The summed E-state index contributed by atoms with van der Waals surface area (Å²) in [5, 5.41) is 2.89. The second-order valence-electron chi connectivity index (χ2n) is 4.88. The standard InChI is InChI=1S/C16H19NO2/c1-2-6-16(18)17-15-9-14(10-15)12-19-11-13-7-4-3-5-8-13/h3-5,7-8,14-15H,9-12H2,1H3,(H,17,18). The minimum Gasteiger partial charge on any atom is -0.376 e. The molecule has 1 aliphatic rings. The van der Waals surface area contributed by atoms with E-state index in [9.17, 15) is 4.79 Å². The van der Waals surface area contributed by atoms with Crippen molar-refractivity contribution >= 4 is 5.91 Å². The summed E-state index contributed by atoms with van der Waals surface area (Å²) in [5.41, 5.74) is 1.20. The first kappa shape index (κ1) is 13.6. The number of hydrogen-bond donors (Lipinski definition) is 1. The predicted molar refractivity (Wildman–Crippen MR) is 74.2 cm³/mol. The van der Waals surface area contributed by atoms with E-state index in [2.05, 4.69) is 29.3 Å². The maximum atomic E-state index is 11.2. The predicted octanol–water partition coefficient (Wildman–Crippen LogP) is 2.12. The summed E-state index contributed by atoms with van der Waals surface area (Å²) < 4.78 is 5.68. The average molecular weight is 257 g/mol. The van der Waals surface area contributed by atoms with Crippen LogP contribution in [0, 0.1) is 17.8 Å². The van der Waals surface area contributed by atoms with Crippen molar-refractivity contribution in [1.29, 1.82) is 0 Å². The summed E-state index contributed by atoms with van der Waals surface area (Å²) in [7, 11) is 0. The largest absolute Gasteiger partial charge is 0.376 e. The second-order valence-corrected chi connectivity index (χ2v) is 4.88. The van der Waals surface area contributed by atoms with Crippen LogP contribution in [0.5, 0.6) is 0 Å². The van der Waals surface area contributed by atoms with Gasteiger partial charge in [-0.05, 0) is 37.2 Å². The number of rotatable bonds is 5. The first-order valence-electron chi connectivity index (χ1n) is 6.63. The van der Waals surface area contributed by atoms with Gasteiger partial charge < -0.3 is 10.1 Å². The molecule has 0 atom stereocenters. The molecular weight excluding hydrogens is 238 g/mol. The smallest absolute Gasteiger partial charge is 0.296 e. The van der Waals surface area contributed by atoms with Crippen molar-refractivity contribution in [3.05, 3.63) is 35.9 Å². The highest BCUT2D eigenvalue weighted by molar-refractivity contribution is 5.93. The fourth-order valence-electron chi connectivity index (χ4n) is 2.24. The molecule has 3 nitrogen and oxygen atoms in total. The molecule has 1 aliphatic carbocycles. The van der Waals surface area contributed by atoms with Gasteiger partial charge in [-0.1, -0.05) is 36.3 Å². The minimum atomic E-state index is -0.170. The van der Waals surface area contributed by atoms with E-state index in [1.165, 1.54) is 5.56 Å². The monoisotopic (exact) mass is 257 g/mol. The van der Waals surface area contributed by atoms with E-state index in [4.69, 9.17) is 4.74 Å². The molecule has 0 radical (unpaired) electrons. The lowest BCUT2D eigenvalue weighted by Crippen LogP contribution is -2.45. The quantitative estimate of drug-likeness (QED) is 0.821. The molecule has 1 saturated carbocycles. The number of ether oxygens (including phenoxy) is 1. The zero-order valence-electron chi connectivity index (χ0n) is 11.2. The van der Waals surface area contributed by atoms with Crippen LogP contribution in [0.3, 0.4) is 0 Å². The number of carbonyl (C=O) groups is 1. The Labute approximate surface area is 114 Å². The molecule has 19 heavy (non-hydrogen) atoms. The SMILES string of the molecule is CC#CC(=O)NC1CC(COCc2ccccc2)C1. The Kier molecular flexibility index (Phi) is 5.00. The number of benzene rings is 1. The molecule has 0 heterocycles. The van der Waals surface area contributed by atoms with Crippen molar-refractivity contribution in [1.82, 2.24) is 5.32 Å². The molecular formula is C16H19NO2. The molecule has 2 rings (SSSR count). The fraction of sp³-hybridized carbons (Fsp3) is 0.438. The van der Waals surface area contributed by atoms with Crippen molar-refractivity contribution < 1.29 is 9.53 Å². The molecule has 1 aromatic carbocycles.